The summed E-state index contributed by atoms with van der Waals surface area (Å²) in [6, 6.07) is 14.8. The zero-order chi connectivity index (χ0) is 20.4. The predicted octanol–water partition coefficient (Wildman–Crippen LogP) is 3.07. The molecule has 2 heterocycles. The van der Waals surface area contributed by atoms with E-state index >= 15 is 0 Å². The van der Waals surface area contributed by atoms with Crippen molar-refractivity contribution in [3.05, 3.63) is 75.6 Å². The van der Waals surface area contributed by atoms with Crippen molar-refractivity contribution >= 4 is 16.9 Å². The molecule has 0 atom stereocenters. The number of ether oxygens (including phenoxy) is 1. The van der Waals surface area contributed by atoms with Crippen LogP contribution in [-0.4, -0.2) is 49.0 Å². The van der Waals surface area contributed by atoms with Gasteiger partial charge in [-0.25, -0.2) is 0 Å². The number of carbonyl (C=O) groups excluding carboxylic acids is 1. The van der Waals surface area contributed by atoms with Gasteiger partial charge in [0.2, 0.25) is 0 Å². The van der Waals surface area contributed by atoms with E-state index in [0.717, 1.165) is 19.6 Å². The van der Waals surface area contributed by atoms with Gasteiger partial charge in [0.1, 0.15) is 11.3 Å². The smallest absolute Gasteiger partial charge is 0.289 e. The van der Waals surface area contributed by atoms with Crippen molar-refractivity contribution in [3.8, 4) is 5.75 Å². The molecular weight excluding hydrogens is 368 g/mol. The molecule has 0 spiro atoms. The van der Waals surface area contributed by atoms with E-state index in [1.165, 1.54) is 17.2 Å². The van der Waals surface area contributed by atoms with Gasteiger partial charge in [0.15, 0.2) is 11.2 Å². The van der Waals surface area contributed by atoms with Crippen LogP contribution in [0.2, 0.25) is 0 Å². The van der Waals surface area contributed by atoms with E-state index in [2.05, 4.69) is 36.1 Å². The van der Waals surface area contributed by atoms with Crippen LogP contribution in [0, 0.1) is 6.92 Å². The van der Waals surface area contributed by atoms with Gasteiger partial charge in [-0.2, -0.15) is 0 Å². The van der Waals surface area contributed by atoms with Crippen molar-refractivity contribution in [2.24, 2.45) is 0 Å². The summed E-state index contributed by atoms with van der Waals surface area (Å²) >= 11 is 0. The number of rotatable bonds is 4. The van der Waals surface area contributed by atoms with Crippen LogP contribution in [0.5, 0.6) is 5.75 Å². The van der Waals surface area contributed by atoms with Crippen molar-refractivity contribution in [2.45, 2.75) is 13.5 Å². The standard InChI is InChI=1S/C23H24N2O4/c1-16-4-3-5-17(12-16)15-24-8-10-25(11-9-24)23(27)22-14-20(26)19-7-6-18(28-2)13-21(19)29-22/h3-7,12-14H,8-11,15H2,1-2H3. The van der Waals surface area contributed by atoms with Gasteiger partial charge in [-0.05, 0) is 24.6 Å². The molecule has 0 radical (unpaired) electrons. The quantitative estimate of drug-likeness (QED) is 0.683. The third kappa shape index (κ3) is 4.17. The number of carbonyl (C=O) groups is 1. The molecule has 29 heavy (non-hydrogen) atoms. The van der Waals surface area contributed by atoms with Gasteiger partial charge < -0.3 is 14.1 Å². The number of aryl methyl sites for hydroxylation is 1. The first-order valence-corrected chi connectivity index (χ1v) is 9.72. The zero-order valence-corrected chi connectivity index (χ0v) is 16.7. The average molecular weight is 392 g/mol. The van der Waals surface area contributed by atoms with Gasteiger partial charge in [0.05, 0.1) is 12.5 Å². The summed E-state index contributed by atoms with van der Waals surface area (Å²) in [6.07, 6.45) is 0. The molecule has 1 fully saturated rings. The van der Waals surface area contributed by atoms with Gasteiger partial charge in [0.25, 0.3) is 5.91 Å². The maximum absolute atomic E-state index is 12.9. The van der Waals surface area contributed by atoms with Crippen molar-refractivity contribution in [1.82, 2.24) is 9.80 Å². The highest BCUT2D eigenvalue weighted by atomic mass is 16.5. The molecule has 4 rings (SSSR count). The first-order valence-electron chi connectivity index (χ1n) is 9.72. The van der Waals surface area contributed by atoms with Crippen molar-refractivity contribution in [1.29, 1.82) is 0 Å². The highest BCUT2D eigenvalue weighted by Gasteiger charge is 2.24. The Hall–Kier alpha value is -3.12. The van der Waals surface area contributed by atoms with E-state index < -0.39 is 0 Å². The molecule has 0 saturated carbocycles. The Morgan fingerprint density at radius 1 is 1.07 bits per heavy atom. The van der Waals surface area contributed by atoms with Gasteiger partial charge in [-0.15, -0.1) is 0 Å². The summed E-state index contributed by atoms with van der Waals surface area (Å²) in [4.78, 5) is 29.4. The second-order valence-electron chi connectivity index (χ2n) is 7.39. The molecule has 1 amide bonds. The minimum Gasteiger partial charge on any atom is -0.497 e. The second kappa shape index (κ2) is 8.09. The summed E-state index contributed by atoms with van der Waals surface area (Å²) in [6.45, 7) is 5.73. The molecule has 0 N–H and O–H groups in total. The lowest BCUT2D eigenvalue weighted by atomic mass is 10.1. The van der Waals surface area contributed by atoms with E-state index in [0.29, 0.717) is 29.8 Å². The van der Waals surface area contributed by atoms with Crippen LogP contribution >= 0.6 is 0 Å². The molecule has 3 aromatic rings. The van der Waals surface area contributed by atoms with E-state index in [1.54, 1.807) is 30.2 Å². The minimum absolute atomic E-state index is 0.0721. The van der Waals surface area contributed by atoms with E-state index in [9.17, 15) is 9.59 Å². The fourth-order valence-electron chi connectivity index (χ4n) is 3.70. The Labute approximate surface area is 169 Å². The first-order chi connectivity index (χ1) is 14.0. The largest absolute Gasteiger partial charge is 0.497 e. The third-order valence-electron chi connectivity index (χ3n) is 5.30. The lowest BCUT2D eigenvalue weighted by molar-refractivity contribution is 0.0598. The van der Waals surface area contributed by atoms with Crippen LogP contribution in [0.3, 0.4) is 0 Å². The molecule has 2 aromatic carbocycles. The SMILES string of the molecule is COc1ccc2c(=O)cc(C(=O)N3CCN(Cc4cccc(C)c4)CC3)oc2c1. The van der Waals surface area contributed by atoms with E-state index in [4.69, 9.17) is 9.15 Å². The molecule has 1 aliphatic rings. The lowest BCUT2D eigenvalue weighted by Gasteiger charge is -2.34. The monoisotopic (exact) mass is 392 g/mol. The zero-order valence-electron chi connectivity index (χ0n) is 16.7. The summed E-state index contributed by atoms with van der Waals surface area (Å²) in [5.41, 5.74) is 2.66. The molecule has 0 bridgehead atoms. The topological polar surface area (TPSA) is 63.0 Å². The number of amides is 1. The van der Waals surface area contributed by atoms with Crippen molar-refractivity contribution in [2.75, 3.05) is 33.3 Å². The highest BCUT2D eigenvalue weighted by Crippen LogP contribution is 2.20. The van der Waals surface area contributed by atoms with Crippen molar-refractivity contribution < 1.29 is 13.9 Å². The van der Waals surface area contributed by atoms with Crippen LogP contribution < -0.4 is 10.2 Å². The van der Waals surface area contributed by atoms with Gasteiger partial charge in [-0.3, -0.25) is 14.5 Å². The number of hydrogen-bond donors (Lipinski definition) is 0. The number of methoxy groups -OCH3 is 1. The molecule has 1 saturated heterocycles. The summed E-state index contributed by atoms with van der Waals surface area (Å²) in [5, 5.41) is 0.435. The first kappa shape index (κ1) is 19.2. The van der Waals surface area contributed by atoms with Crippen LogP contribution in [0.25, 0.3) is 11.0 Å². The Bertz CT molecular complexity index is 1100. The molecule has 0 aliphatic carbocycles. The van der Waals surface area contributed by atoms with Crippen LogP contribution in [-0.2, 0) is 6.54 Å². The van der Waals surface area contributed by atoms with E-state index in [-0.39, 0.29) is 17.1 Å². The molecule has 1 aliphatic heterocycles. The molecular formula is C23H24N2O4. The Balaban J connectivity index is 1.46. The highest BCUT2D eigenvalue weighted by molar-refractivity contribution is 5.93. The number of hydrogen-bond acceptors (Lipinski definition) is 5. The number of fused-ring (bicyclic) bond motifs is 1. The fourth-order valence-corrected chi connectivity index (χ4v) is 3.70. The Kier molecular flexibility index (Phi) is 5.36. The molecule has 1 aromatic heterocycles. The van der Waals surface area contributed by atoms with Crippen LogP contribution in [0.1, 0.15) is 21.7 Å². The van der Waals surface area contributed by atoms with Gasteiger partial charge in [0, 0.05) is 44.9 Å². The van der Waals surface area contributed by atoms with Crippen LogP contribution in [0.15, 0.2) is 57.7 Å². The number of benzene rings is 2. The normalized spacial score (nSPS) is 14.9. The molecule has 0 unspecified atom stereocenters. The molecule has 6 nitrogen and oxygen atoms in total. The summed E-state index contributed by atoms with van der Waals surface area (Å²) in [7, 11) is 1.55. The average Bonchev–Trinajstić information content (AvgIpc) is 2.73. The van der Waals surface area contributed by atoms with E-state index in [1.807, 2.05) is 0 Å². The predicted molar refractivity (Wildman–Crippen MR) is 111 cm³/mol. The summed E-state index contributed by atoms with van der Waals surface area (Å²) < 4.78 is 10.9. The minimum atomic E-state index is -0.248. The summed E-state index contributed by atoms with van der Waals surface area (Å²) in [5.74, 6) is 0.403. The van der Waals surface area contributed by atoms with Crippen molar-refractivity contribution in [3.63, 3.8) is 0 Å². The third-order valence-corrected chi connectivity index (χ3v) is 5.30. The number of piperazine rings is 1. The molecule has 150 valence electrons. The molecule has 6 heteroatoms. The van der Waals surface area contributed by atoms with Crippen LogP contribution in [0.4, 0.5) is 0 Å². The fraction of sp³-hybridized carbons (Fsp3) is 0.304. The Morgan fingerprint density at radius 3 is 2.59 bits per heavy atom. The Morgan fingerprint density at radius 2 is 1.86 bits per heavy atom. The maximum atomic E-state index is 12.9. The second-order valence-corrected chi connectivity index (χ2v) is 7.39. The number of nitrogens with zero attached hydrogens (tertiary/aromatic N) is 2. The maximum Gasteiger partial charge on any atom is 0.289 e. The van der Waals surface area contributed by atoms with Gasteiger partial charge >= 0.3 is 0 Å². The van der Waals surface area contributed by atoms with Gasteiger partial charge in [-0.1, -0.05) is 29.8 Å². The lowest BCUT2D eigenvalue weighted by Crippen LogP contribution is -2.48.